The fraction of sp³-hybridized carbons (Fsp3) is 0.250. The summed E-state index contributed by atoms with van der Waals surface area (Å²) in [6.45, 7) is 11.4. The number of hydrogen-bond donors (Lipinski definition) is 0. The quantitative estimate of drug-likeness (QED) is 0.292. The van der Waals surface area contributed by atoms with Crippen LogP contribution < -0.4 is 0 Å². The molecule has 1 aliphatic rings. The van der Waals surface area contributed by atoms with Crippen molar-refractivity contribution in [1.29, 1.82) is 0 Å². The van der Waals surface area contributed by atoms with E-state index in [1.165, 1.54) is 38.2 Å². The van der Waals surface area contributed by atoms with Gasteiger partial charge in [-0.2, -0.15) is 0 Å². The molecule has 0 aliphatic heterocycles. The summed E-state index contributed by atoms with van der Waals surface area (Å²) in [5.41, 5.74) is 7.84. The molecule has 30 heavy (non-hydrogen) atoms. The maximum atomic E-state index is 6.43. The van der Waals surface area contributed by atoms with E-state index in [2.05, 4.69) is 95.4 Å². The largest absolute Gasteiger partial charge is 0.454 e. The molecular formula is C28H25NO. The fourth-order valence-electron chi connectivity index (χ4n) is 5.24. The van der Waals surface area contributed by atoms with Gasteiger partial charge in [0.1, 0.15) is 11.3 Å². The summed E-state index contributed by atoms with van der Waals surface area (Å²) in [7, 11) is 0. The Morgan fingerprint density at radius 3 is 2.47 bits per heavy atom. The molecule has 6 rings (SSSR count). The van der Waals surface area contributed by atoms with Crippen molar-refractivity contribution >= 4 is 32.7 Å². The first-order chi connectivity index (χ1) is 14.3. The van der Waals surface area contributed by atoms with Crippen LogP contribution in [0.3, 0.4) is 0 Å². The molecule has 0 fully saturated rings. The van der Waals surface area contributed by atoms with Gasteiger partial charge >= 0.3 is 0 Å². The molecule has 0 atom stereocenters. The average Bonchev–Trinajstić information content (AvgIpc) is 3.21. The molecule has 3 aromatic carbocycles. The van der Waals surface area contributed by atoms with Gasteiger partial charge in [0.25, 0.3) is 0 Å². The zero-order chi connectivity index (χ0) is 20.8. The van der Waals surface area contributed by atoms with Crippen molar-refractivity contribution in [1.82, 2.24) is 4.98 Å². The first kappa shape index (κ1) is 17.7. The minimum Gasteiger partial charge on any atom is -0.454 e. The lowest BCUT2D eigenvalue weighted by Gasteiger charge is -2.23. The molecule has 2 nitrogen and oxygen atoms in total. The normalized spacial score (nSPS) is 15.1. The average molecular weight is 392 g/mol. The van der Waals surface area contributed by atoms with Crippen LogP contribution in [0.15, 0.2) is 65.2 Å². The lowest BCUT2D eigenvalue weighted by Crippen LogP contribution is -2.16. The second-order valence-corrected chi connectivity index (χ2v) is 10.1. The minimum atomic E-state index is -0.0509. The number of nitrogens with zero attached hydrogens (tertiary/aromatic N) is 1. The Kier molecular flexibility index (Phi) is 3.25. The van der Waals surface area contributed by atoms with Crippen LogP contribution in [0.1, 0.15) is 51.3 Å². The van der Waals surface area contributed by atoms with Crippen molar-refractivity contribution in [2.45, 2.75) is 45.4 Å². The van der Waals surface area contributed by atoms with Crippen LogP contribution in [0.5, 0.6) is 0 Å². The van der Waals surface area contributed by atoms with Crippen LogP contribution in [0, 0.1) is 0 Å². The van der Waals surface area contributed by atoms with E-state index in [4.69, 9.17) is 9.40 Å². The van der Waals surface area contributed by atoms with E-state index in [1.54, 1.807) is 0 Å². The van der Waals surface area contributed by atoms with E-state index in [0.717, 1.165) is 22.4 Å². The van der Waals surface area contributed by atoms with Gasteiger partial charge in [0.2, 0.25) is 0 Å². The molecule has 5 aromatic rings. The lowest BCUT2D eigenvalue weighted by atomic mass is 9.81. The summed E-state index contributed by atoms with van der Waals surface area (Å²) in [6.07, 6.45) is 2.07. The van der Waals surface area contributed by atoms with Crippen LogP contribution in [0.4, 0.5) is 0 Å². The molecule has 2 heterocycles. The second kappa shape index (κ2) is 5.51. The molecule has 0 spiro atoms. The molecule has 0 radical (unpaired) electrons. The molecular weight excluding hydrogens is 366 g/mol. The van der Waals surface area contributed by atoms with Gasteiger partial charge in [-0.3, -0.25) is 4.98 Å². The number of benzene rings is 3. The first-order valence-corrected chi connectivity index (χ1v) is 10.7. The van der Waals surface area contributed by atoms with Gasteiger partial charge in [-0.1, -0.05) is 71.0 Å². The molecule has 0 bridgehead atoms. The molecule has 0 saturated heterocycles. The van der Waals surface area contributed by atoms with E-state index in [0.29, 0.717) is 0 Å². The van der Waals surface area contributed by atoms with Crippen LogP contribution in [0.25, 0.3) is 44.0 Å². The van der Waals surface area contributed by atoms with Crippen molar-refractivity contribution in [3.8, 4) is 11.3 Å². The van der Waals surface area contributed by atoms with E-state index >= 15 is 0 Å². The lowest BCUT2D eigenvalue weighted by molar-refractivity contribution is 0.596. The topological polar surface area (TPSA) is 26.0 Å². The third-order valence-corrected chi connectivity index (χ3v) is 6.81. The van der Waals surface area contributed by atoms with Gasteiger partial charge in [0.05, 0.1) is 0 Å². The molecule has 2 aromatic heterocycles. The Hall–Kier alpha value is -3.13. The highest BCUT2D eigenvalue weighted by atomic mass is 16.3. The van der Waals surface area contributed by atoms with E-state index in [1.807, 2.05) is 0 Å². The summed E-state index contributed by atoms with van der Waals surface area (Å²) in [5, 5.41) is 5.04. The Morgan fingerprint density at radius 2 is 1.67 bits per heavy atom. The number of pyridine rings is 1. The Bertz CT molecular complexity index is 1490. The molecule has 0 amide bonds. The Labute approximate surface area is 176 Å². The van der Waals surface area contributed by atoms with Crippen molar-refractivity contribution in [2.75, 3.05) is 0 Å². The molecule has 0 unspecified atom stereocenters. The zero-order valence-electron chi connectivity index (χ0n) is 18.1. The van der Waals surface area contributed by atoms with Gasteiger partial charge in [-0.25, -0.2) is 0 Å². The summed E-state index contributed by atoms with van der Waals surface area (Å²) < 4.78 is 6.43. The molecule has 0 saturated carbocycles. The third-order valence-electron chi connectivity index (χ3n) is 6.81. The van der Waals surface area contributed by atoms with Gasteiger partial charge in [-0.05, 0) is 51.1 Å². The van der Waals surface area contributed by atoms with Crippen molar-refractivity contribution in [3.63, 3.8) is 0 Å². The molecule has 148 valence electrons. The van der Waals surface area contributed by atoms with Crippen LogP contribution in [-0.2, 0) is 10.8 Å². The summed E-state index contributed by atoms with van der Waals surface area (Å²) in [4.78, 5) is 4.97. The van der Waals surface area contributed by atoms with Crippen LogP contribution in [0.2, 0.25) is 0 Å². The smallest absolute Gasteiger partial charge is 0.161 e. The van der Waals surface area contributed by atoms with E-state index in [9.17, 15) is 0 Å². The summed E-state index contributed by atoms with van der Waals surface area (Å²) in [6, 6.07) is 19.6. The van der Waals surface area contributed by atoms with Crippen molar-refractivity contribution in [2.24, 2.45) is 0 Å². The maximum Gasteiger partial charge on any atom is 0.161 e. The van der Waals surface area contributed by atoms with Gasteiger partial charge < -0.3 is 4.42 Å². The molecule has 1 aliphatic carbocycles. The van der Waals surface area contributed by atoms with Crippen molar-refractivity contribution < 1.29 is 4.42 Å². The van der Waals surface area contributed by atoms with E-state index in [-0.39, 0.29) is 10.8 Å². The van der Waals surface area contributed by atoms with Crippen molar-refractivity contribution in [3.05, 3.63) is 77.5 Å². The minimum absolute atomic E-state index is 0.0334. The van der Waals surface area contributed by atoms with Gasteiger partial charge in [0, 0.05) is 27.9 Å². The molecule has 0 N–H and O–H groups in total. The van der Waals surface area contributed by atoms with Gasteiger partial charge in [-0.15, -0.1) is 0 Å². The fourth-order valence-corrected chi connectivity index (χ4v) is 5.24. The SMILES string of the molecule is CC(C)(C)c1cc(-c2ncc3c4c2oc2cccc(c24)C3(C)C)cc2ccccc12. The monoisotopic (exact) mass is 391 g/mol. The number of hydrogen-bond acceptors (Lipinski definition) is 2. The number of fused-ring (bicyclic) bond motifs is 1. The van der Waals surface area contributed by atoms with Gasteiger partial charge in [0.15, 0.2) is 5.58 Å². The second-order valence-electron chi connectivity index (χ2n) is 10.1. The first-order valence-electron chi connectivity index (χ1n) is 10.7. The predicted molar refractivity (Wildman–Crippen MR) is 125 cm³/mol. The standard InChI is InChI=1S/C28H25NO/c1-27(2,3)20-14-17(13-16-9-6-7-10-18(16)20)25-26-24-21(15-29-25)28(4,5)19-11-8-12-22(30-26)23(19)24/h6-15H,1-5H3. The predicted octanol–water partition coefficient (Wildman–Crippen LogP) is 7.74. The van der Waals surface area contributed by atoms with Crippen LogP contribution in [-0.4, -0.2) is 4.98 Å². The molecule has 2 heteroatoms. The Balaban J connectivity index is 1.73. The van der Waals surface area contributed by atoms with Crippen LogP contribution >= 0.6 is 0 Å². The van der Waals surface area contributed by atoms with E-state index < -0.39 is 0 Å². The third kappa shape index (κ3) is 2.17. The highest BCUT2D eigenvalue weighted by Crippen LogP contribution is 2.51. The number of rotatable bonds is 1. The zero-order valence-corrected chi connectivity index (χ0v) is 18.1. The highest BCUT2D eigenvalue weighted by Gasteiger charge is 2.37. The Morgan fingerprint density at radius 1 is 0.867 bits per heavy atom. The highest BCUT2D eigenvalue weighted by molar-refractivity contribution is 6.15. The summed E-state index contributed by atoms with van der Waals surface area (Å²) >= 11 is 0. The number of aromatic nitrogens is 1. The number of furan rings is 1. The maximum absolute atomic E-state index is 6.43. The summed E-state index contributed by atoms with van der Waals surface area (Å²) in [5.74, 6) is 0.